The van der Waals surface area contributed by atoms with Crippen LogP contribution in [0.2, 0.25) is 18.6 Å². The zero-order valence-electron chi connectivity index (χ0n) is 33.9. The third-order valence-electron chi connectivity index (χ3n) is 12.6. The van der Waals surface area contributed by atoms with Crippen LogP contribution >= 0.6 is 15.9 Å². The summed E-state index contributed by atoms with van der Waals surface area (Å²) < 4.78 is 21.8. The molecule has 60 heavy (non-hydrogen) atoms. The second-order valence-corrected chi connectivity index (χ2v) is 21.9. The van der Waals surface area contributed by atoms with Crippen LogP contribution in [0, 0.1) is 5.92 Å². The van der Waals surface area contributed by atoms with Crippen LogP contribution in [0.25, 0.3) is 0 Å². The molecule has 0 radical (unpaired) electrons. The number of nitrogens with zero attached hydrogens (tertiary/aromatic N) is 5. The number of aromatic nitrogens is 3. The number of rotatable bonds is 11. The Labute approximate surface area is 358 Å². The van der Waals surface area contributed by atoms with Crippen LogP contribution in [0.4, 0.5) is 17.1 Å². The molecule has 13 heteroatoms. The molecule has 1 fully saturated rings. The summed E-state index contributed by atoms with van der Waals surface area (Å²) in [4.78, 5) is 33.4. The Morgan fingerprint density at radius 1 is 0.900 bits per heavy atom. The number of benzene rings is 5. The number of aliphatic hydroxyl groups excluding tert-OH is 1. The van der Waals surface area contributed by atoms with E-state index in [1.807, 2.05) is 107 Å². The van der Waals surface area contributed by atoms with Crippen molar-refractivity contribution in [2.24, 2.45) is 5.92 Å². The van der Waals surface area contributed by atoms with Gasteiger partial charge in [-0.3, -0.25) is 19.2 Å². The average Bonchev–Trinajstić information content (AvgIpc) is 3.87. The first-order chi connectivity index (χ1) is 29.0. The van der Waals surface area contributed by atoms with Crippen LogP contribution in [-0.4, -0.2) is 59.8 Å². The molecule has 0 bridgehead atoms. The van der Waals surface area contributed by atoms with E-state index < -0.39 is 13.7 Å². The van der Waals surface area contributed by atoms with Gasteiger partial charge in [-0.05, 0) is 84.3 Å². The van der Waals surface area contributed by atoms with Gasteiger partial charge in [0.1, 0.15) is 11.5 Å². The summed E-state index contributed by atoms with van der Waals surface area (Å²) >= 11 is 3.74. The molecule has 306 valence electrons. The molecule has 0 unspecified atom stereocenters. The molecule has 9 rings (SSSR count). The summed E-state index contributed by atoms with van der Waals surface area (Å²) in [6.45, 7) is 7.73. The molecular formula is C47H46BrN5O6Si. The predicted octanol–water partition coefficient (Wildman–Crippen LogP) is 8.52. The Morgan fingerprint density at radius 2 is 1.67 bits per heavy atom. The van der Waals surface area contributed by atoms with E-state index in [1.54, 1.807) is 24.1 Å². The fraction of sp³-hybridized carbons (Fsp3) is 0.277. The summed E-state index contributed by atoms with van der Waals surface area (Å²) in [5.41, 5.74) is 3.75. The Kier molecular flexibility index (Phi) is 10.5. The first-order valence-corrected chi connectivity index (χ1v) is 24.1. The maximum absolute atomic E-state index is 15.5. The van der Waals surface area contributed by atoms with E-state index in [0.29, 0.717) is 47.8 Å². The van der Waals surface area contributed by atoms with Crippen molar-refractivity contribution in [3.63, 3.8) is 0 Å². The molecule has 3 aliphatic rings. The van der Waals surface area contributed by atoms with Crippen LogP contribution in [0.15, 0.2) is 126 Å². The van der Waals surface area contributed by atoms with E-state index in [4.69, 9.17) is 14.2 Å². The van der Waals surface area contributed by atoms with E-state index in [2.05, 4.69) is 58.4 Å². The van der Waals surface area contributed by atoms with Gasteiger partial charge in [-0.25, -0.2) is 0 Å². The number of methoxy groups -OCH3 is 1. The van der Waals surface area contributed by atoms with Crippen molar-refractivity contribution in [2.45, 2.75) is 63.2 Å². The lowest BCUT2D eigenvalue weighted by atomic mass is 9.82. The van der Waals surface area contributed by atoms with E-state index in [0.717, 1.165) is 32.7 Å². The SMILES string of the molecule is COc1ccc([Si](C)(C)[C@H]2[C@H](CCn3cc(CCO)nn3)O[C@@]3(C(=O)N(Cc4cccc(N5C(=O)c6ccccc6Oc6ccccc65)c4)c4ccc(Br)cc43)[C@@H]2C)cc1. The third-order valence-corrected chi connectivity index (χ3v) is 17.4. The minimum Gasteiger partial charge on any atom is -0.497 e. The van der Waals surface area contributed by atoms with Gasteiger partial charge in [-0.2, -0.15) is 0 Å². The lowest BCUT2D eigenvalue weighted by Gasteiger charge is -2.37. The monoisotopic (exact) mass is 883 g/mol. The number of carbonyl (C=O) groups excluding carboxylic acids is 2. The van der Waals surface area contributed by atoms with Crippen molar-refractivity contribution in [3.05, 3.63) is 148 Å². The molecule has 11 nitrogen and oxygen atoms in total. The van der Waals surface area contributed by atoms with Gasteiger partial charge in [0, 0.05) is 47.4 Å². The standard InChI is InChI=1S/C47H46BrN5O6Si/c1-30-44(60(3,4)36-19-17-35(57-2)18-20-36)43(22-24-51-29-33(23-25-54)49-50-51)59-47(30)38-27-32(48)16-21-39(38)52(46(47)56)28-31-10-9-11-34(26-31)53-40-13-6-8-15-42(40)58-41-14-7-5-12-37(41)45(53)55/h5-21,26-27,29-30,43-44,54H,22-25,28H2,1-4H3/t30-,43+,44-,47+/m1/s1. The van der Waals surface area contributed by atoms with Crippen molar-refractivity contribution < 1.29 is 28.9 Å². The zero-order valence-corrected chi connectivity index (χ0v) is 36.5. The van der Waals surface area contributed by atoms with Crippen molar-refractivity contribution in [1.29, 1.82) is 0 Å². The summed E-state index contributed by atoms with van der Waals surface area (Å²) in [5, 5.41) is 19.3. The number of aliphatic hydroxyl groups is 1. The van der Waals surface area contributed by atoms with E-state index >= 15 is 4.79 Å². The van der Waals surface area contributed by atoms with Gasteiger partial charge in [-0.15, -0.1) is 5.10 Å². The summed E-state index contributed by atoms with van der Waals surface area (Å²) in [6, 6.07) is 37.0. The van der Waals surface area contributed by atoms with Gasteiger partial charge in [0.2, 0.25) is 0 Å². The lowest BCUT2D eigenvalue weighted by molar-refractivity contribution is -0.146. The number of anilines is 3. The molecular weight excluding hydrogens is 839 g/mol. The number of carbonyl (C=O) groups is 2. The first kappa shape index (κ1) is 39.8. The number of aryl methyl sites for hydroxylation is 1. The molecule has 0 aliphatic carbocycles. The first-order valence-electron chi connectivity index (χ1n) is 20.3. The second-order valence-electron chi connectivity index (χ2n) is 16.3. The Bertz CT molecular complexity index is 2600. The number of hydrogen-bond acceptors (Lipinski definition) is 8. The van der Waals surface area contributed by atoms with Gasteiger partial charge in [0.05, 0.1) is 50.5 Å². The smallest absolute Gasteiger partial charge is 0.266 e. The molecule has 1 spiro atoms. The predicted molar refractivity (Wildman–Crippen MR) is 236 cm³/mol. The number of fused-ring (bicyclic) bond motifs is 4. The van der Waals surface area contributed by atoms with Crippen LogP contribution in [-0.2, 0) is 34.6 Å². The minimum absolute atomic E-state index is 0.000111. The van der Waals surface area contributed by atoms with E-state index in [1.165, 1.54) is 5.19 Å². The summed E-state index contributed by atoms with van der Waals surface area (Å²) in [5.74, 6) is 1.36. The van der Waals surface area contributed by atoms with Crippen molar-refractivity contribution in [2.75, 3.05) is 23.5 Å². The Balaban J connectivity index is 1.09. The van der Waals surface area contributed by atoms with Crippen LogP contribution in [0.3, 0.4) is 0 Å². The highest BCUT2D eigenvalue weighted by Crippen LogP contribution is 2.60. The number of halogens is 1. The topological polar surface area (TPSA) is 119 Å². The average molecular weight is 885 g/mol. The fourth-order valence-corrected chi connectivity index (χ4v) is 14.1. The number of para-hydroxylation sites is 3. The number of ether oxygens (including phenoxy) is 3. The van der Waals surface area contributed by atoms with Gasteiger partial charge < -0.3 is 24.2 Å². The Morgan fingerprint density at radius 3 is 2.45 bits per heavy atom. The number of hydrogen-bond donors (Lipinski definition) is 1. The summed E-state index contributed by atoms with van der Waals surface area (Å²) in [7, 11) is -0.717. The van der Waals surface area contributed by atoms with Crippen molar-refractivity contribution >= 4 is 58.1 Å². The maximum atomic E-state index is 15.5. The second kappa shape index (κ2) is 15.8. The molecule has 1 saturated heterocycles. The fourth-order valence-electron chi connectivity index (χ4n) is 9.69. The van der Waals surface area contributed by atoms with Crippen LogP contribution in [0.1, 0.15) is 40.5 Å². The lowest BCUT2D eigenvalue weighted by Crippen LogP contribution is -2.51. The highest BCUT2D eigenvalue weighted by molar-refractivity contribution is 9.10. The zero-order chi connectivity index (χ0) is 41.8. The van der Waals surface area contributed by atoms with E-state index in [9.17, 15) is 9.90 Å². The van der Waals surface area contributed by atoms with Gasteiger partial charge in [0.15, 0.2) is 11.4 Å². The normalized spacial score (nSPS) is 20.8. The molecule has 6 aromatic rings. The highest BCUT2D eigenvalue weighted by atomic mass is 79.9. The van der Waals surface area contributed by atoms with Crippen molar-refractivity contribution in [3.8, 4) is 17.2 Å². The molecule has 1 aromatic heterocycles. The van der Waals surface area contributed by atoms with Gasteiger partial charge >= 0.3 is 0 Å². The largest absolute Gasteiger partial charge is 0.497 e. The molecule has 4 heterocycles. The van der Waals surface area contributed by atoms with E-state index in [-0.39, 0.29) is 42.5 Å². The third kappa shape index (κ3) is 6.73. The molecule has 4 atom stereocenters. The number of amides is 2. The summed E-state index contributed by atoms with van der Waals surface area (Å²) in [6.07, 6.45) is 2.64. The Hall–Kier alpha value is -5.60. The van der Waals surface area contributed by atoms with Crippen LogP contribution < -0.4 is 24.5 Å². The van der Waals surface area contributed by atoms with Gasteiger partial charge in [-0.1, -0.05) is 94.9 Å². The molecule has 0 saturated carbocycles. The molecule has 1 N–H and O–H groups in total. The quantitative estimate of drug-likeness (QED) is 0.129. The van der Waals surface area contributed by atoms with Crippen molar-refractivity contribution in [1.82, 2.24) is 15.0 Å². The molecule has 5 aromatic carbocycles. The maximum Gasteiger partial charge on any atom is 0.266 e. The molecule has 2 amide bonds. The minimum atomic E-state index is -2.39. The van der Waals surface area contributed by atoms with Gasteiger partial charge in [0.25, 0.3) is 11.8 Å². The molecule has 3 aliphatic heterocycles. The van der Waals surface area contributed by atoms with Crippen LogP contribution in [0.5, 0.6) is 17.2 Å². The highest BCUT2D eigenvalue weighted by Gasteiger charge is 2.66.